The third kappa shape index (κ3) is 2.11. The lowest BCUT2D eigenvalue weighted by Crippen LogP contribution is -2.13. The zero-order valence-corrected chi connectivity index (χ0v) is 10.3. The van der Waals surface area contributed by atoms with Crippen molar-refractivity contribution in [1.82, 2.24) is 14.6 Å². The molecule has 0 aliphatic rings. The van der Waals surface area contributed by atoms with Gasteiger partial charge >= 0.3 is 6.18 Å². The Balaban J connectivity index is 2.89. The molecule has 0 fully saturated rings. The maximum atomic E-state index is 14.0. The Labute approximate surface area is 106 Å². The minimum Gasteiger partial charge on any atom is -0.367 e. The highest BCUT2D eigenvalue weighted by atomic mass is 19.4. The largest absolute Gasteiger partial charge is 0.421 e. The molecule has 8 heteroatoms. The lowest BCUT2D eigenvalue weighted by atomic mass is 10.0. The van der Waals surface area contributed by atoms with Crippen LogP contribution in [0.2, 0.25) is 0 Å². The number of nitrogen functional groups attached to an aromatic ring is 1. The van der Waals surface area contributed by atoms with E-state index in [9.17, 15) is 17.6 Å². The van der Waals surface area contributed by atoms with Crippen LogP contribution < -0.4 is 5.73 Å². The predicted octanol–water partition coefficient (Wildman–Crippen LogP) is 2.98. The maximum Gasteiger partial charge on any atom is 0.421 e. The first-order valence-electron chi connectivity index (χ1n) is 5.67. The lowest BCUT2D eigenvalue weighted by molar-refractivity contribution is -0.140. The fourth-order valence-corrected chi connectivity index (χ4v) is 1.96. The van der Waals surface area contributed by atoms with Gasteiger partial charge in [0.25, 0.3) is 0 Å². The normalized spacial score (nSPS) is 14.0. The van der Waals surface area contributed by atoms with Crippen molar-refractivity contribution < 1.29 is 17.6 Å². The van der Waals surface area contributed by atoms with Gasteiger partial charge in [0.15, 0.2) is 5.82 Å². The summed E-state index contributed by atoms with van der Waals surface area (Å²) in [7, 11) is 0. The number of nitrogens with zero attached hydrogens (tertiary/aromatic N) is 3. The van der Waals surface area contributed by atoms with E-state index in [2.05, 4.69) is 10.1 Å². The zero-order chi connectivity index (χ0) is 14.4. The molecule has 2 heterocycles. The molecule has 2 N–H and O–H groups in total. The van der Waals surface area contributed by atoms with Crippen LogP contribution in [0.25, 0.3) is 5.52 Å². The Hall–Kier alpha value is -1.86. The molecule has 0 bridgehead atoms. The molecule has 104 valence electrons. The molecule has 2 aromatic rings. The van der Waals surface area contributed by atoms with Crippen LogP contribution in [0.15, 0.2) is 6.20 Å². The third-order valence-corrected chi connectivity index (χ3v) is 3.04. The van der Waals surface area contributed by atoms with Gasteiger partial charge in [-0.1, -0.05) is 13.8 Å². The van der Waals surface area contributed by atoms with Crippen LogP contribution >= 0.6 is 0 Å². The fraction of sp³-hybridized carbons (Fsp3) is 0.455. The maximum absolute atomic E-state index is 14.0. The van der Waals surface area contributed by atoms with Crippen LogP contribution in [-0.2, 0) is 6.18 Å². The Morgan fingerprint density at radius 3 is 2.58 bits per heavy atom. The summed E-state index contributed by atoms with van der Waals surface area (Å²) in [5.41, 5.74) is 3.52. The molecule has 0 spiro atoms. The van der Waals surface area contributed by atoms with Crippen molar-refractivity contribution in [3.63, 3.8) is 0 Å². The Bertz CT molecular complexity index is 617. The first kappa shape index (κ1) is 13.6. The molecule has 0 aliphatic heterocycles. The second kappa shape index (κ2) is 4.36. The molecule has 1 atom stereocenters. The minimum atomic E-state index is -4.79. The number of anilines is 1. The second-order valence-electron chi connectivity index (χ2n) is 4.29. The Kier molecular flexibility index (Phi) is 3.11. The van der Waals surface area contributed by atoms with Crippen molar-refractivity contribution >= 4 is 11.5 Å². The number of fused-ring (bicyclic) bond motifs is 1. The number of hydrogen-bond acceptors (Lipinski definition) is 3. The van der Waals surface area contributed by atoms with Crippen LogP contribution in [0.1, 0.15) is 37.4 Å². The predicted molar refractivity (Wildman–Crippen MR) is 61.1 cm³/mol. The van der Waals surface area contributed by atoms with Gasteiger partial charge in [-0.2, -0.15) is 13.2 Å². The summed E-state index contributed by atoms with van der Waals surface area (Å²) in [6.45, 7) is 3.29. The van der Waals surface area contributed by atoms with Gasteiger partial charge in [0.1, 0.15) is 11.1 Å². The molecule has 0 aliphatic carbocycles. The molecule has 4 nitrogen and oxygen atoms in total. The van der Waals surface area contributed by atoms with Gasteiger partial charge in [-0.05, 0) is 12.3 Å². The summed E-state index contributed by atoms with van der Waals surface area (Å²) in [4.78, 5) is 3.53. The summed E-state index contributed by atoms with van der Waals surface area (Å²) in [6, 6.07) is 0. The van der Waals surface area contributed by atoms with E-state index >= 15 is 0 Å². The molecule has 2 aromatic heterocycles. The third-order valence-electron chi connectivity index (χ3n) is 3.04. The average Bonchev–Trinajstić information content (AvgIpc) is 2.60. The monoisotopic (exact) mass is 276 g/mol. The van der Waals surface area contributed by atoms with E-state index in [0.717, 1.165) is 10.7 Å². The van der Waals surface area contributed by atoms with Crippen molar-refractivity contribution in [3.05, 3.63) is 23.3 Å². The van der Waals surface area contributed by atoms with Crippen LogP contribution in [0, 0.1) is 5.82 Å². The summed E-state index contributed by atoms with van der Waals surface area (Å²) in [5.74, 6) is -2.08. The lowest BCUT2D eigenvalue weighted by Gasteiger charge is -2.13. The summed E-state index contributed by atoms with van der Waals surface area (Å²) in [5, 5.41) is 3.68. The van der Waals surface area contributed by atoms with Gasteiger partial charge in [-0.3, -0.25) is 0 Å². The highest BCUT2D eigenvalue weighted by Crippen LogP contribution is 2.40. The fourth-order valence-electron chi connectivity index (χ4n) is 1.96. The molecular weight excluding hydrogens is 264 g/mol. The molecule has 1 unspecified atom stereocenters. The van der Waals surface area contributed by atoms with E-state index in [4.69, 9.17) is 5.73 Å². The summed E-state index contributed by atoms with van der Waals surface area (Å²) >= 11 is 0. The van der Waals surface area contributed by atoms with Crippen molar-refractivity contribution in [1.29, 1.82) is 0 Å². The number of hydrogen-bond donors (Lipinski definition) is 1. The van der Waals surface area contributed by atoms with Crippen LogP contribution in [0.5, 0.6) is 0 Å². The van der Waals surface area contributed by atoms with E-state index in [1.807, 2.05) is 0 Å². The quantitative estimate of drug-likeness (QED) is 0.858. The van der Waals surface area contributed by atoms with Crippen LogP contribution in [0.3, 0.4) is 0 Å². The SMILES string of the molecule is CCC(C)c1c(C(F)(F)F)c(F)c2cnc(N)nn12. The number of nitrogens with two attached hydrogens (primary N) is 1. The molecule has 0 saturated heterocycles. The molecule has 0 aromatic carbocycles. The minimum absolute atomic E-state index is 0.208. The highest BCUT2D eigenvalue weighted by Gasteiger charge is 2.41. The van der Waals surface area contributed by atoms with E-state index in [1.165, 1.54) is 0 Å². The first-order valence-corrected chi connectivity index (χ1v) is 5.67. The first-order chi connectivity index (χ1) is 8.77. The molecule has 2 rings (SSSR count). The van der Waals surface area contributed by atoms with Crippen molar-refractivity contribution in [3.8, 4) is 0 Å². The van der Waals surface area contributed by atoms with E-state index in [0.29, 0.717) is 6.42 Å². The molecule has 0 saturated carbocycles. The number of aromatic nitrogens is 3. The topological polar surface area (TPSA) is 56.2 Å². The van der Waals surface area contributed by atoms with E-state index in [-0.39, 0.29) is 17.2 Å². The summed E-state index contributed by atoms with van der Waals surface area (Å²) < 4.78 is 53.9. The molecule has 0 amide bonds. The van der Waals surface area contributed by atoms with Gasteiger partial charge in [0.2, 0.25) is 5.95 Å². The van der Waals surface area contributed by atoms with Crippen LogP contribution in [-0.4, -0.2) is 14.6 Å². The summed E-state index contributed by atoms with van der Waals surface area (Å²) in [6.07, 6.45) is -3.41. The second-order valence-corrected chi connectivity index (χ2v) is 4.29. The van der Waals surface area contributed by atoms with Crippen molar-refractivity contribution in [2.75, 3.05) is 5.73 Å². The smallest absolute Gasteiger partial charge is 0.367 e. The average molecular weight is 276 g/mol. The van der Waals surface area contributed by atoms with Gasteiger partial charge < -0.3 is 5.73 Å². The molecule has 0 radical (unpaired) electrons. The van der Waals surface area contributed by atoms with Gasteiger partial charge in [-0.15, -0.1) is 5.10 Å². The van der Waals surface area contributed by atoms with Gasteiger partial charge in [0.05, 0.1) is 11.9 Å². The van der Waals surface area contributed by atoms with Gasteiger partial charge in [0, 0.05) is 0 Å². The zero-order valence-electron chi connectivity index (χ0n) is 10.3. The molecular formula is C11H12F4N4. The number of halogens is 4. The van der Waals surface area contributed by atoms with E-state index < -0.39 is 23.5 Å². The van der Waals surface area contributed by atoms with Gasteiger partial charge in [-0.25, -0.2) is 13.9 Å². The number of rotatable bonds is 2. The van der Waals surface area contributed by atoms with Crippen molar-refractivity contribution in [2.24, 2.45) is 0 Å². The van der Waals surface area contributed by atoms with E-state index in [1.54, 1.807) is 13.8 Å². The Morgan fingerprint density at radius 1 is 1.42 bits per heavy atom. The standard InChI is InChI=1S/C11H12F4N4/c1-3-5(2)9-7(11(13,14)15)8(12)6-4-17-10(16)18-19(6)9/h4-5H,3H2,1-2H3,(H2,16,18). The van der Waals surface area contributed by atoms with Crippen molar-refractivity contribution in [2.45, 2.75) is 32.4 Å². The Morgan fingerprint density at radius 2 is 2.05 bits per heavy atom. The highest BCUT2D eigenvalue weighted by molar-refractivity contribution is 5.55. The number of alkyl halides is 3. The molecule has 19 heavy (non-hydrogen) atoms. The van der Waals surface area contributed by atoms with Crippen LogP contribution in [0.4, 0.5) is 23.5 Å².